The summed E-state index contributed by atoms with van der Waals surface area (Å²) in [4.78, 5) is 4.02. The van der Waals surface area contributed by atoms with E-state index in [1.54, 1.807) is 0 Å². The van der Waals surface area contributed by atoms with Crippen molar-refractivity contribution in [1.82, 2.24) is 10.1 Å². The lowest BCUT2D eigenvalue weighted by atomic mass is 9.91. The van der Waals surface area contributed by atoms with Crippen molar-refractivity contribution in [3.8, 4) is 0 Å². The molecule has 0 spiro atoms. The van der Waals surface area contributed by atoms with E-state index in [4.69, 9.17) is 9.63 Å². The maximum Gasteiger partial charge on any atom is 0.414 e. The van der Waals surface area contributed by atoms with Gasteiger partial charge in [0.15, 0.2) is 11.9 Å². The Morgan fingerprint density at radius 1 is 1.15 bits per heavy atom. The minimum atomic E-state index is -4.66. The molecule has 0 saturated heterocycles. The van der Waals surface area contributed by atoms with Crippen LogP contribution in [0, 0.1) is 0 Å². The van der Waals surface area contributed by atoms with Gasteiger partial charge in [-0.15, -0.1) is 0 Å². The lowest BCUT2D eigenvalue weighted by molar-refractivity contribution is -0.204. The fraction of sp³-hybridized carbons (Fsp3) is 0.846. The van der Waals surface area contributed by atoms with Crippen LogP contribution in [0.3, 0.4) is 0 Å². The van der Waals surface area contributed by atoms with Gasteiger partial charge in [0.1, 0.15) is 0 Å². The Kier molecular flexibility index (Phi) is 5.01. The van der Waals surface area contributed by atoms with Crippen LogP contribution in [0.1, 0.15) is 62.6 Å². The second-order valence-corrected chi connectivity index (χ2v) is 5.35. The van der Waals surface area contributed by atoms with Crippen LogP contribution in [-0.4, -0.2) is 27.5 Å². The van der Waals surface area contributed by atoms with Gasteiger partial charge < -0.3 is 9.63 Å². The van der Waals surface area contributed by atoms with E-state index >= 15 is 0 Å². The van der Waals surface area contributed by atoms with E-state index in [-0.39, 0.29) is 11.8 Å². The summed E-state index contributed by atoms with van der Waals surface area (Å²) >= 11 is 0. The normalized spacial score (nSPS) is 20.4. The van der Waals surface area contributed by atoms with Gasteiger partial charge in [0.05, 0.1) is 6.42 Å². The van der Waals surface area contributed by atoms with Crippen LogP contribution in [0.15, 0.2) is 4.52 Å². The molecule has 0 amide bonds. The molecule has 1 atom stereocenters. The van der Waals surface area contributed by atoms with E-state index in [0.29, 0.717) is 5.82 Å². The predicted molar refractivity (Wildman–Crippen MR) is 65.1 cm³/mol. The van der Waals surface area contributed by atoms with Crippen LogP contribution < -0.4 is 0 Å². The summed E-state index contributed by atoms with van der Waals surface area (Å²) in [5.41, 5.74) is 0. The monoisotopic (exact) mass is 292 g/mol. The van der Waals surface area contributed by atoms with E-state index in [1.165, 1.54) is 19.3 Å². The van der Waals surface area contributed by atoms with Gasteiger partial charge in [-0.2, -0.15) is 18.2 Å². The molecule has 20 heavy (non-hydrogen) atoms. The van der Waals surface area contributed by atoms with Gasteiger partial charge >= 0.3 is 6.18 Å². The molecular weight excluding hydrogens is 273 g/mol. The highest BCUT2D eigenvalue weighted by Crippen LogP contribution is 2.29. The lowest BCUT2D eigenvalue weighted by Crippen LogP contribution is -2.30. The van der Waals surface area contributed by atoms with Crippen molar-refractivity contribution in [1.29, 1.82) is 0 Å². The first-order valence-electron chi connectivity index (χ1n) is 7.04. The third kappa shape index (κ3) is 4.19. The van der Waals surface area contributed by atoms with Crippen molar-refractivity contribution in [2.45, 2.75) is 69.6 Å². The summed E-state index contributed by atoms with van der Waals surface area (Å²) in [6.45, 7) is 0. The van der Waals surface area contributed by atoms with Crippen LogP contribution >= 0.6 is 0 Å². The van der Waals surface area contributed by atoms with Gasteiger partial charge in [0.2, 0.25) is 5.89 Å². The molecule has 1 fully saturated rings. The Balaban J connectivity index is 1.97. The largest absolute Gasteiger partial charge is 0.414 e. The van der Waals surface area contributed by atoms with Crippen LogP contribution in [0.4, 0.5) is 13.2 Å². The molecule has 1 aliphatic rings. The SMILES string of the molecule is OC(Cc1nc(C2CCCCCCC2)no1)C(F)(F)F. The zero-order valence-electron chi connectivity index (χ0n) is 11.2. The molecule has 1 unspecified atom stereocenters. The van der Waals surface area contributed by atoms with Gasteiger partial charge in [-0.3, -0.25) is 0 Å². The second-order valence-electron chi connectivity index (χ2n) is 5.35. The first-order valence-corrected chi connectivity index (χ1v) is 7.04. The quantitative estimate of drug-likeness (QED) is 0.928. The van der Waals surface area contributed by atoms with Gasteiger partial charge in [0.25, 0.3) is 0 Å². The van der Waals surface area contributed by atoms with Gasteiger partial charge in [-0.25, -0.2) is 0 Å². The number of nitrogens with zero attached hydrogens (tertiary/aromatic N) is 2. The van der Waals surface area contributed by atoms with Crippen molar-refractivity contribution in [2.75, 3.05) is 0 Å². The molecule has 1 aromatic heterocycles. The standard InChI is InChI=1S/C13H19F3N2O2/c14-13(15,16)10(19)8-11-17-12(18-20-11)9-6-4-2-1-3-5-7-9/h9-10,19H,1-8H2. The first-order chi connectivity index (χ1) is 9.47. The number of aromatic nitrogens is 2. The Labute approximate surface area is 115 Å². The molecule has 0 aliphatic heterocycles. The number of halogens is 3. The Morgan fingerprint density at radius 3 is 2.35 bits per heavy atom. The highest BCUT2D eigenvalue weighted by Gasteiger charge is 2.39. The number of hydrogen-bond acceptors (Lipinski definition) is 4. The third-order valence-electron chi connectivity index (χ3n) is 3.70. The molecule has 1 aliphatic carbocycles. The Hall–Kier alpha value is -1.11. The van der Waals surface area contributed by atoms with E-state index in [2.05, 4.69) is 10.1 Å². The average molecular weight is 292 g/mol. The molecule has 1 saturated carbocycles. The molecule has 114 valence electrons. The van der Waals surface area contributed by atoms with Gasteiger partial charge in [-0.1, -0.05) is 37.3 Å². The number of hydrogen-bond donors (Lipinski definition) is 1. The second kappa shape index (κ2) is 6.56. The number of aliphatic hydroxyl groups excluding tert-OH is 1. The van der Waals surface area contributed by atoms with Crippen molar-refractivity contribution < 1.29 is 22.8 Å². The summed E-state index contributed by atoms with van der Waals surface area (Å²) in [5.74, 6) is 0.499. The van der Waals surface area contributed by atoms with Crippen molar-refractivity contribution in [2.24, 2.45) is 0 Å². The number of aliphatic hydroxyl groups is 1. The minimum Gasteiger partial charge on any atom is -0.383 e. The fourth-order valence-electron chi connectivity index (χ4n) is 2.51. The van der Waals surface area contributed by atoms with Crippen molar-refractivity contribution >= 4 is 0 Å². The Bertz CT molecular complexity index is 412. The summed E-state index contributed by atoms with van der Waals surface area (Å²) in [7, 11) is 0. The van der Waals surface area contributed by atoms with Gasteiger partial charge in [-0.05, 0) is 12.8 Å². The van der Waals surface area contributed by atoms with Crippen LogP contribution in [-0.2, 0) is 6.42 Å². The third-order valence-corrected chi connectivity index (χ3v) is 3.70. The average Bonchev–Trinajstić information content (AvgIpc) is 2.75. The highest BCUT2D eigenvalue weighted by molar-refractivity contribution is 4.97. The molecule has 0 radical (unpaired) electrons. The molecule has 0 aromatic carbocycles. The number of alkyl halides is 3. The summed E-state index contributed by atoms with van der Waals surface area (Å²) in [6.07, 6.45) is -0.142. The van der Waals surface area contributed by atoms with Crippen LogP contribution in [0.2, 0.25) is 0 Å². The van der Waals surface area contributed by atoms with Crippen LogP contribution in [0.5, 0.6) is 0 Å². The Morgan fingerprint density at radius 2 is 1.75 bits per heavy atom. The molecule has 1 N–H and O–H groups in total. The van der Waals surface area contributed by atoms with E-state index in [0.717, 1.165) is 25.7 Å². The van der Waals surface area contributed by atoms with E-state index < -0.39 is 18.7 Å². The van der Waals surface area contributed by atoms with Crippen molar-refractivity contribution in [3.63, 3.8) is 0 Å². The topological polar surface area (TPSA) is 59.2 Å². The summed E-state index contributed by atoms with van der Waals surface area (Å²) in [6, 6.07) is 0. The molecule has 1 heterocycles. The fourth-order valence-corrected chi connectivity index (χ4v) is 2.51. The maximum absolute atomic E-state index is 12.3. The molecule has 2 rings (SSSR count). The highest BCUT2D eigenvalue weighted by atomic mass is 19.4. The van der Waals surface area contributed by atoms with Crippen molar-refractivity contribution in [3.05, 3.63) is 11.7 Å². The van der Waals surface area contributed by atoms with E-state index in [9.17, 15) is 13.2 Å². The van der Waals surface area contributed by atoms with Crippen LogP contribution in [0.25, 0.3) is 0 Å². The zero-order chi connectivity index (χ0) is 14.6. The first kappa shape index (κ1) is 15.3. The number of rotatable bonds is 3. The molecule has 0 bridgehead atoms. The molecular formula is C13H19F3N2O2. The predicted octanol–water partition coefficient (Wildman–Crippen LogP) is 3.36. The van der Waals surface area contributed by atoms with Gasteiger partial charge in [0, 0.05) is 5.92 Å². The summed E-state index contributed by atoms with van der Waals surface area (Å²) in [5, 5.41) is 12.8. The molecule has 1 aromatic rings. The molecule has 7 heteroatoms. The summed E-state index contributed by atoms with van der Waals surface area (Å²) < 4.78 is 41.6. The molecule has 4 nitrogen and oxygen atoms in total. The maximum atomic E-state index is 12.3. The van der Waals surface area contributed by atoms with E-state index in [1.807, 2.05) is 0 Å². The zero-order valence-corrected chi connectivity index (χ0v) is 11.2. The minimum absolute atomic E-state index is 0.146. The smallest absolute Gasteiger partial charge is 0.383 e. The lowest BCUT2D eigenvalue weighted by Gasteiger charge is -2.15.